The summed E-state index contributed by atoms with van der Waals surface area (Å²) in [5.74, 6) is 0. The molecule has 7 heteroatoms. The Hall–Kier alpha value is -2.21. The zero-order valence-corrected chi connectivity index (χ0v) is 10.6. The van der Waals surface area contributed by atoms with E-state index in [1.54, 1.807) is 0 Å². The van der Waals surface area contributed by atoms with E-state index in [0.717, 1.165) is 25.2 Å². The molecule has 0 aromatic heterocycles. The lowest BCUT2D eigenvalue weighted by Crippen LogP contribution is -2.33. The summed E-state index contributed by atoms with van der Waals surface area (Å²) in [5, 5.41) is 6.86. The monoisotopic (exact) mass is 259 g/mol. The average Bonchev–Trinajstić information content (AvgIpc) is 2.94. The molecule has 1 aromatic rings. The second kappa shape index (κ2) is 7.27. The molecule has 0 saturated heterocycles. The first kappa shape index (κ1) is 13.2. The Morgan fingerprint density at radius 2 is 1.95 bits per heavy atom. The third-order valence-corrected chi connectivity index (χ3v) is 2.77. The molecule has 0 unspecified atom stereocenters. The van der Waals surface area contributed by atoms with Crippen molar-refractivity contribution in [1.29, 1.82) is 0 Å². The van der Waals surface area contributed by atoms with Crippen molar-refractivity contribution in [3.05, 3.63) is 57.7 Å². The quantitative estimate of drug-likeness (QED) is 0.335. The first-order chi connectivity index (χ1) is 9.38. The first-order valence-corrected chi connectivity index (χ1v) is 6.13. The highest BCUT2D eigenvalue weighted by molar-refractivity contribution is 5.22. The number of benzene rings is 1. The van der Waals surface area contributed by atoms with Gasteiger partial charge in [0.05, 0.1) is 5.70 Å². The van der Waals surface area contributed by atoms with Crippen LogP contribution in [0.4, 0.5) is 0 Å². The second-order valence-electron chi connectivity index (χ2n) is 4.19. The van der Waals surface area contributed by atoms with Crippen LogP contribution in [0, 0.1) is 0 Å². The summed E-state index contributed by atoms with van der Waals surface area (Å²) in [6.45, 7) is 2.10. The molecule has 19 heavy (non-hydrogen) atoms. The van der Waals surface area contributed by atoms with E-state index in [9.17, 15) is 0 Å². The zero-order valence-electron chi connectivity index (χ0n) is 10.6. The summed E-state index contributed by atoms with van der Waals surface area (Å²) in [4.78, 5) is 2.74. The fraction of sp³-hybridized carbons (Fsp3) is 0.333. The molecule has 0 atom stereocenters. The molecule has 100 valence electrons. The van der Waals surface area contributed by atoms with Gasteiger partial charge in [-0.3, -0.25) is 0 Å². The molecule has 0 bridgehead atoms. The Morgan fingerprint density at radius 1 is 1.16 bits per heavy atom. The maximum Gasteiger partial charge on any atom is 0.0588 e. The Balaban J connectivity index is 1.73. The molecule has 0 fully saturated rings. The number of hydrazine groups is 2. The molecule has 0 saturated carbocycles. The minimum Gasteiger partial charge on any atom is -0.309 e. The van der Waals surface area contributed by atoms with Gasteiger partial charge in [-0.2, -0.15) is 5.53 Å². The minimum absolute atomic E-state index is 0.508. The number of nitrogens with one attached hydrogen (secondary N) is 4. The summed E-state index contributed by atoms with van der Waals surface area (Å²) in [5.41, 5.74) is 20.3. The topological polar surface area (TPSA) is 96.9 Å². The molecule has 1 aliphatic heterocycles. The van der Waals surface area contributed by atoms with Gasteiger partial charge in [-0.05, 0) is 23.1 Å². The molecule has 0 radical (unpaired) electrons. The minimum atomic E-state index is 0.508. The van der Waals surface area contributed by atoms with Crippen LogP contribution in [0.2, 0.25) is 0 Å². The number of azide groups is 1. The van der Waals surface area contributed by atoms with E-state index < -0.39 is 0 Å². The summed E-state index contributed by atoms with van der Waals surface area (Å²) in [6.07, 6.45) is 2.66. The van der Waals surface area contributed by atoms with Crippen LogP contribution in [0.3, 0.4) is 0 Å². The van der Waals surface area contributed by atoms with Gasteiger partial charge in [0, 0.05) is 30.7 Å². The van der Waals surface area contributed by atoms with E-state index in [-0.39, 0.29) is 0 Å². The lowest BCUT2D eigenvalue weighted by Gasteiger charge is -2.06. The Morgan fingerprint density at radius 3 is 2.63 bits per heavy atom. The van der Waals surface area contributed by atoms with Crippen molar-refractivity contribution in [3.63, 3.8) is 0 Å². The highest BCUT2D eigenvalue weighted by Crippen LogP contribution is 2.05. The van der Waals surface area contributed by atoms with Crippen LogP contribution in [0.15, 0.2) is 41.3 Å². The van der Waals surface area contributed by atoms with Crippen LogP contribution in [-0.4, -0.2) is 13.1 Å². The predicted octanol–water partition coefficient (Wildman–Crippen LogP) is 1.08. The van der Waals surface area contributed by atoms with Crippen LogP contribution < -0.4 is 21.7 Å². The number of hydrogen-bond donors (Lipinski definition) is 4. The van der Waals surface area contributed by atoms with Gasteiger partial charge in [-0.25, -0.2) is 0 Å². The van der Waals surface area contributed by atoms with Gasteiger partial charge in [0.25, 0.3) is 0 Å². The standard InChI is InChI=1S/C12H17N7/c13-18-15-6-5-10-1-3-11(4-2-10)7-14-8-12-9-16-19-17-12/h1-4,9,14,16-17,19H,5-8H2. The van der Waals surface area contributed by atoms with Crippen LogP contribution in [0.25, 0.3) is 10.4 Å². The van der Waals surface area contributed by atoms with Crippen LogP contribution in [0.1, 0.15) is 11.1 Å². The molecule has 1 aliphatic rings. The van der Waals surface area contributed by atoms with Crippen LogP contribution >= 0.6 is 0 Å². The van der Waals surface area contributed by atoms with Crippen molar-refractivity contribution in [2.24, 2.45) is 5.11 Å². The van der Waals surface area contributed by atoms with E-state index in [4.69, 9.17) is 5.53 Å². The summed E-state index contributed by atoms with van der Waals surface area (Å²) < 4.78 is 0. The van der Waals surface area contributed by atoms with Gasteiger partial charge in [0.1, 0.15) is 0 Å². The highest BCUT2D eigenvalue weighted by Gasteiger charge is 2.01. The largest absolute Gasteiger partial charge is 0.309 e. The average molecular weight is 259 g/mol. The molecule has 0 spiro atoms. The SMILES string of the molecule is [N-]=[N+]=NCCc1ccc(CNCC2=CNNN2)cc1. The van der Waals surface area contributed by atoms with Crippen molar-refractivity contribution in [1.82, 2.24) is 21.7 Å². The van der Waals surface area contributed by atoms with Crippen molar-refractivity contribution < 1.29 is 0 Å². The Bertz CT molecular complexity index is 473. The van der Waals surface area contributed by atoms with Gasteiger partial charge < -0.3 is 16.2 Å². The van der Waals surface area contributed by atoms with E-state index in [2.05, 4.69) is 56.0 Å². The maximum atomic E-state index is 8.21. The van der Waals surface area contributed by atoms with Gasteiger partial charge in [0.2, 0.25) is 0 Å². The van der Waals surface area contributed by atoms with E-state index in [0.29, 0.717) is 6.54 Å². The maximum absolute atomic E-state index is 8.21. The van der Waals surface area contributed by atoms with E-state index >= 15 is 0 Å². The summed E-state index contributed by atoms with van der Waals surface area (Å²) >= 11 is 0. The smallest absolute Gasteiger partial charge is 0.0588 e. The molecule has 0 amide bonds. The molecular weight excluding hydrogens is 242 g/mol. The summed E-state index contributed by atoms with van der Waals surface area (Å²) in [6, 6.07) is 8.32. The number of nitrogens with zero attached hydrogens (tertiary/aromatic N) is 3. The van der Waals surface area contributed by atoms with Crippen molar-refractivity contribution in [2.75, 3.05) is 13.1 Å². The van der Waals surface area contributed by atoms with E-state index in [1.807, 2.05) is 6.20 Å². The Labute approximate surface area is 111 Å². The van der Waals surface area contributed by atoms with E-state index in [1.165, 1.54) is 11.1 Å². The zero-order chi connectivity index (χ0) is 13.3. The van der Waals surface area contributed by atoms with Crippen LogP contribution in [0.5, 0.6) is 0 Å². The van der Waals surface area contributed by atoms with Gasteiger partial charge in [0.15, 0.2) is 0 Å². The molecule has 7 nitrogen and oxygen atoms in total. The number of hydrogen-bond acceptors (Lipinski definition) is 5. The molecule has 1 aromatic carbocycles. The lowest BCUT2D eigenvalue weighted by atomic mass is 10.1. The molecule has 4 N–H and O–H groups in total. The molecule has 1 heterocycles. The third kappa shape index (κ3) is 4.51. The van der Waals surface area contributed by atoms with Gasteiger partial charge in [-0.1, -0.05) is 29.4 Å². The second-order valence-corrected chi connectivity index (χ2v) is 4.19. The van der Waals surface area contributed by atoms with Crippen LogP contribution in [-0.2, 0) is 13.0 Å². The fourth-order valence-corrected chi connectivity index (χ4v) is 1.76. The fourth-order valence-electron chi connectivity index (χ4n) is 1.76. The predicted molar refractivity (Wildman–Crippen MR) is 73.4 cm³/mol. The van der Waals surface area contributed by atoms with Crippen molar-refractivity contribution in [3.8, 4) is 0 Å². The molecule has 2 rings (SSSR count). The third-order valence-electron chi connectivity index (χ3n) is 2.77. The van der Waals surface area contributed by atoms with Crippen molar-refractivity contribution in [2.45, 2.75) is 13.0 Å². The first-order valence-electron chi connectivity index (χ1n) is 6.13. The van der Waals surface area contributed by atoms with Gasteiger partial charge in [-0.15, -0.1) is 0 Å². The van der Waals surface area contributed by atoms with Crippen molar-refractivity contribution >= 4 is 0 Å². The lowest BCUT2D eigenvalue weighted by molar-refractivity contribution is 0.582. The van der Waals surface area contributed by atoms with Gasteiger partial charge >= 0.3 is 0 Å². The number of rotatable bonds is 7. The normalized spacial score (nSPS) is 13.2. The molecule has 0 aliphatic carbocycles. The molecular formula is C12H17N7. The Kier molecular flexibility index (Phi) is 5.06. The summed E-state index contributed by atoms with van der Waals surface area (Å²) in [7, 11) is 0. The highest BCUT2D eigenvalue weighted by atomic mass is 15.6.